The first-order valence-corrected chi connectivity index (χ1v) is 12.0. The van der Waals surface area contributed by atoms with Crippen LogP contribution in [-0.2, 0) is 20.7 Å². The van der Waals surface area contributed by atoms with Crippen LogP contribution in [0.3, 0.4) is 0 Å². The number of carbonyl (C=O) groups excluding carboxylic acids is 2. The van der Waals surface area contributed by atoms with E-state index in [1.54, 1.807) is 40.1 Å². The Balaban J connectivity index is 1.51. The number of carbonyl (C=O) groups is 2. The predicted octanol–water partition coefficient (Wildman–Crippen LogP) is 2.82. The summed E-state index contributed by atoms with van der Waals surface area (Å²) in [6.07, 6.45) is 1.69. The van der Waals surface area contributed by atoms with Crippen molar-refractivity contribution in [2.45, 2.75) is 31.8 Å². The molecular weight excluding hydrogens is 462 g/mol. The third-order valence-corrected chi connectivity index (χ3v) is 6.18. The van der Waals surface area contributed by atoms with Crippen molar-refractivity contribution in [2.24, 2.45) is 0 Å². The Morgan fingerprint density at radius 3 is 2.71 bits per heavy atom. The lowest BCUT2D eigenvalue weighted by Crippen LogP contribution is -2.58. The number of ether oxygens (including phenoxy) is 3. The highest BCUT2D eigenvalue weighted by Gasteiger charge is 2.43. The van der Waals surface area contributed by atoms with Crippen molar-refractivity contribution < 1.29 is 28.3 Å². The smallest absolute Gasteiger partial charge is 0.276 e. The van der Waals surface area contributed by atoms with Crippen LogP contribution in [-0.4, -0.2) is 85.0 Å². The second-order valence-electron chi connectivity index (χ2n) is 8.60. The largest absolute Gasteiger partial charge is 0.490 e. The van der Waals surface area contributed by atoms with Crippen LogP contribution in [0.5, 0.6) is 5.75 Å². The molecule has 34 heavy (non-hydrogen) atoms. The molecule has 1 atom stereocenters. The summed E-state index contributed by atoms with van der Waals surface area (Å²) in [6.45, 7) is 5.07. The maximum absolute atomic E-state index is 13.2. The number of aryl methyl sites for hydroxylation is 1. The van der Waals surface area contributed by atoms with E-state index in [2.05, 4.69) is 5.16 Å². The van der Waals surface area contributed by atoms with Gasteiger partial charge in [-0.15, -0.1) is 0 Å². The minimum atomic E-state index is -1.01. The van der Waals surface area contributed by atoms with Crippen molar-refractivity contribution in [3.63, 3.8) is 0 Å². The molecule has 4 rings (SSSR count). The fraction of sp³-hybridized carbons (Fsp3) is 0.542. The lowest BCUT2D eigenvalue weighted by atomic mass is 9.96. The average molecular weight is 492 g/mol. The number of benzene rings is 1. The molecule has 0 unspecified atom stereocenters. The molecule has 0 N–H and O–H groups in total. The van der Waals surface area contributed by atoms with Gasteiger partial charge in [-0.25, -0.2) is 0 Å². The molecule has 1 aromatic carbocycles. The number of hydrogen-bond donors (Lipinski definition) is 0. The highest BCUT2D eigenvalue weighted by atomic mass is 35.5. The fourth-order valence-electron chi connectivity index (χ4n) is 4.18. The molecule has 10 heteroatoms. The molecule has 0 aliphatic carbocycles. The van der Waals surface area contributed by atoms with Crippen LogP contribution in [0.25, 0.3) is 0 Å². The second-order valence-corrected chi connectivity index (χ2v) is 9.04. The Bertz CT molecular complexity index is 993. The SMILES string of the molecule is CCCc1cc(C(=O)N2CCO[C@](COc3cccc(Cl)c3)(CC(=O)N3CCOCC3)C2)no1. The summed E-state index contributed by atoms with van der Waals surface area (Å²) in [6, 6.07) is 8.73. The summed E-state index contributed by atoms with van der Waals surface area (Å²) < 4.78 is 22.8. The van der Waals surface area contributed by atoms with E-state index < -0.39 is 5.60 Å². The van der Waals surface area contributed by atoms with E-state index >= 15 is 0 Å². The number of morpholine rings is 2. The van der Waals surface area contributed by atoms with Gasteiger partial charge in [-0.1, -0.05) is 29.7 Å². The maximum Gasteiger partial charge on any atom is 0.276 e. The van der Waals surface area contributed by atoms with E-state index in [1.165, 1.54) is 0 Å². The number of hydrogen-bond acceptors (Lipinski definition) is 7. The molecule has 0 bridgehead atoms. The molecule has 2 aliphatic rings. The third kappa shape index (κ3) is 6.08. The topological polar surface area (TPSA) is 94.3 Å². The van der Waals surface area contributed by atoms with Crippen LogP contribution in [0.15, 0.2) is 34.9 Å². The monoisotopic (exact) mass is 491 g/mol. The van der Waals surface area contributed by atoms with Crippen LogP contribution in [0.2, 0.25) is 5.02 Å². The molecule has 2 saturated heterocycles. The predicted molar refractivity (Wildman–Crippen MR) is 124 cm³/mol. The molecule has 2 aromatic rings. The maximum atomic E-state index is 13.2. The number of amides is 2. The Kier molecular flexibility index (Phi) is 8.07. The first-order valence-electron chi connectivity index (χ1n) is 11.6. The molecule has 2 aliphatic heterocycles. The van der Waals surface area contributed by atoms with Gasteiger partial charge in [-0.3, -0.25) is 9.59 Å². The summed E-state index contributed by atoms with van der Waals surface area (Å²) in [5.41, 5.74) is -0.753. The van der Waals surface area contributed by atoms with Gasteiger partial charge in [0.2, 0.25) is 5.91 Å². The van der Waals surface area contributed by atoms with Crippen molar-refractivity contribution in [3.8, 4) is 5.75 Å². The highest BCUT2D eigenvalue weighted by Crippen LogP contribution is 2.27. The zero-order valence-electron chi connectivity index (χ0n) is 19.3. The molecule has 0 spiro atoms. The zero-order chi connectivity index (χ0) is 24.0. The van der Waals surface area contributed by atoms with Gasteiger partial charge in [0.1, 0.15) is 23.7 Å². The van der Waals surface area contributed by atoms with E-state index in [-0.39, 0.29) is 43.7 Å². The zero-order valence-corrected chi connectivity index (χ0v) is 20.1. The number of halogens is 1. The van der Waals surface area contributed by atoms with Gasteiger partial charge in [0.25, 0.3) is 5.91 Å². The first kappa shape index (κ1) is 24.5. The van der Waals surface area contributed by atoms with Crippen molar-refractivity contribution in [1.29, 1.82) is 0 Å². The van der Waals surface area contributed by atoms with Crippen LogP contribution in [0.4, 0.5) is 0 Å². The molecule has 3 heterocycles. The summed E-state index contributed by atoms with van der Waals surface area (Å²) in [5.74, 6) is 0.940. The molecule has 0 saturated carbocycles. The summed E-state index contributed by atoms with van der Waals surface area (Å²) in [7, 11) is 0. The van der Waals surface area contributed by atoms with Crippen molar-refractivity contribution in [3.05, 3.63) is 46.8 Å². The average Bonchev–Trinajstić information content (AvgIpc) is 3.32. The lowest BCUT2D eigenvalue weighted by Gasteiger charge is -2.42. The standard InChI is InChI=1S/C24H30ClN3O6/c1-2-4-20-14-21(26-34-20)23(30)28-9-12-33-24(16-28,15-22(29)27-7-10-31-11-8-27)17-32-19-6-3-5-18(25)13-19/h3,5-6,13-14H,2,4,7-12,15-17H2,1H3/t24-/m1/s1. The molecular formula is C24H30ClN3O6. The molecule has 9 nitrogen and oxygen atoms in total. The molecule has 1 aromatic heterocycles. The van der Waals surface area contributed by atoms with Crippen LogP contribution in [0.1, 0.15) is 36.0 Å². The third-order valence-electron chi connectivity index (χ3n) is 5.95. The Hall–Kier alpha value is -2.62. The normalized spacial score (nSPS) is 20.9. The van der Waals surface area contributed by atoms with E-state index in [4.69, 9.17) is 30.3 Å². The Morgan fingerprint density at radius 1 is 1.15 bits per heavy atom. The van der Waals surface area contributed by atoms with Gasteiger partial charge in [0, 0.05) is 37.1 Å². The van der Waals surface area contributed by atoms with Gasteiger partial charge < -0.3 is 28.5 Å². The van der Waals surface area contributed by atoms with Crippen molar-refractivity contribution in [2.75, 3.05) is 52.6 Å². The Labute approximate surface area is 203 Å². The molecule has 2 fully saturated rings. The van der Waals surface area contributed by atoms with Crippen LogP contribution < -0.4 is 4.74 Å². The van der Waals surface area contributed by atoms with Crippen LogP contribution >= 0.6 is 11.6 Å². The lowest BCUT2D eigenvalue weighted by molar-refractivity contribution is -0.155. The summed E-state index contributed by atoms with van der Waals surface area (Å²) >= 11 is 6.09. The molecule has 184 valence electrons. The van der Waals surface area contributed by atoms with Gasteiger partial charge >= 0.3 is 0 Å². The summed E-state index contributed by atoms with van der Waals surface area (Å²) in [4.78, 5) is 29.8. The summed E-state index contributed by atoms with van der Waals surface area (Å²) in [5, 5.41) is 4.50. The van der Waals surface area contributed by atoms with E-state index in [0.29, 0.717) is 49.4 Å². The van der Waals surface area contributed by atoms with Crippen LogP contribution in [0, 0.1) is 0 Å². The van der Waals surface area contributed by atoms with Gasteiger partial charge in [-0.2, -0.15) is 0 Å². The van der Waals surface area contributed by atoms with Crippen molar-refractivity contribution in [1.82, 2.24) is 15.0 Å². The minimum Gasteiger partial charge on any atom is -0.490 e. The second kappa shape index (κ2) is 11.2. The number of rotatable bonds is 8. The molecule has 0 radical (unpaired) electrons. The number of aromatic nitrogens is 1. The van der Waals surface area contributed by atoms with E-state index in [1.807, 2.05) is 6.92 Å². The van der Waals surface area contributed by atoms with Gasteiger partial charge in [0.05, 0.1) is 32.8 Å². The van der Waals surface area contributed by atoms with Crippen molar-refractivity contribution >= 4 is 23.4 Å². The first-order chi connectivity index (χ1) is 16.5. The van der Waals surface area contributed by atoms with E-state index in [0.717, 1.165) is 12.8 Å². The van der Waals surface area contributed by atoms with Gasteiger partial charge in [0.15, 0.2) is 5.69 Å². The quantitative estimate of drug-likeness (QED) is 0.560. The fourth-order valence-corrected chi connectivity index (χ4v) is 4.36. The van der Waals surface area contributed by atoms with Gasteiger partial charge in [-0.05, 0) is 24.6 Å². The minimum absolute atomic E-state index is 0.0565. The Morgan fingerprint density at radius 2 is 1.94 bits per heavy atom. The highest BCUT2D eigenvalue weighted by molar-refractivity contribution is 6.30. The number of nitrogens with zero attached hydrogens (tertiary/aromatic N) is 3. The van der Waals surface area contributed by atoms with E-state index in [9.17, 15) is 9.59 Å². The molecule has 2 amide bonds.